The molecule has 1 fully saturated rings. The van der Waals surface area contributed by atoms with E-state index in [1.807, 2.05) is 24.5 Å². The van der Waals surface area contributed by atoms with Gasteiger partial charge in [0.05, 0.1) is 18.8 Å². The summed E-state index contributed by atoms with van der Waals surface area (Å²) < 4.78 is 5.40. The van der Waals surface area contributed by atoms with Crippen LogP contribution in [0.4, 0.5) is 5.82 Å². The summed E-state index contributed by atoms with van der Waals surface area (Å²) >= 11 is 0. The second kappa shape index (κ2) is 9.28. The number of benzene rings is 1. The van der Waals surface area contributed by atoms with Crippen LogP contribution in [0.25, 0.3) is 22.0 Å². The third-order valence-corrected chi connectivity index (χ3v) is 5.55. The minimum Gasteiger partial charge on any atom is -1.00 e. The highest BCUT2D eigenvalue weighted by Crippen LogP contribution is 2.29. The van der Waals surface area contributed by atoms with Crippen molar-refractivity contribution in [2.75, 3.05) is 38.2 Å². The standard InChI is InChI=1S/C22H23N7O.ClH.H/c1-30-22-17(3-2-6-23-22)14-28-7-9-29(10-8-28)21-19-11-16(18-12-26-27-13-18)4-5-20(19)24-15-25-21;;/h2-6,11-13,15H,7-10,14H2,1H3,(H,26,27);1H;/q;;-1. The van der Waals surface area contributed by atoms with E-state index in [1.54, 1.807) is 19.6 Å². The molecule has 1 aliphatic heterocycles. The number of hydrogen-bond acceptors (Lipinski definition) is 7. The van der Waals surface area contributed by atoms with Gasteiger partial charge in [-0.2, -0.15) is 5.10 Å². The summed E-state index contributed by atoms with van der Waals surface area (Å²) in [5, 5.41) is 8.01. The molecule has 0 spiro atoms. The first-order valence-corrected chi connectivity index (χ1v) is 10.0. The van der Waals surface area contributed by atoms with Crippen LogP contribution in [0.2, 0.25) is 0 Å². The molecule has 1 aromatic carbocycles. The lowest BCUT2D eigenvalue weighted by Gasteiger charge is -2.35. The molecular weight excluding hydrogens is 414 g/mol. The van der Waals surface area contributed by atoms with Gasteiger partial charge in [-0.15, -0.1) is 12.4 Å². The molecule has 0 amide bonds. The molecule has 4 heterocycles. The van der Waals surface area contributed by atoms with Gasteiger partial charge in [0, 0.05) is 61.6 Å². The molecule has 0 bridgehead atoms. The van der Waals surface area contributed by atoms with E-state index in [0.29, 0.717) is 5.88 Å². The van der Waals surface area contributed by atoms with Crippen molar-refractivity contribution in [2.24, 2.45) is 0 Å². The highest BCUT2D eigenvalue weighted by Gasteiger charge is 2.21. The summed E-state index contributed by atoms with van der Waals surface area (Å²) in [4.78, 5) is 18.2. The van der Waals surface area contributed by atoms with E-state index in [-0.39, 0.29) is 13.8 Å². The van der Waals surface area contributed by atoms with Gasteiger partial charge in [-0.05, 0) is 23.8 Å². The number of halogens is 1. The Morgan fingerprint density at radius 1 is 1.06 bits per heavy atom. The minimum absolute atomic E-state index is 0. The van der Waals surface area contributed by atoms with E-state index in [2.05, 4.69) is 53.1 Å². The van der Waals surface area contributed by atoms with E-state index >= 15 is 0 Å². The van der Waals surface area contributed by atoms with Crippen molar-refractivity contribution < 1.29 is 6.16 Å². The second-order valence-electron chi connectivity index (χ2n) is 7.35. The zero-order valence-corrected chi connectivity index (χ0v) is 18.0. The first-order chi connectivity index (χ1) is 14.8. The molecule has 0 aliphatic carbocycles. The summed E-state index contributed by atoms with van der Waals surface area (Å²) in [5.41, 5.74) is 4.23. The maximum absolute atomic E-state index is 5.40. The average Bonchev–Trinajstić information content (AvgIpc) is 3.34. The molecule has 1 aliphatic rings. The molecule has 0 unspecified atom stereocenters. The van der Waals surface area contributed by atoms with Gasteiger partial charge in [0.15, 0.2) is 0 Å². The van der Waals surface area contributed by atoms with Crippen molar-refractivity contribution in [1.82, 2.24) is 30.0 Å². The highest BCUT2D eigenvalue weighted by atomic mass is 35.5. The maximum Gasteiger partial charge on any atom is 0.217 e. The predicted octanol–water partition coefficient (Wildman–Crippen LogP) is 3.28. The number of aromatic amines is 1. The number of pyridine rings is 1. The van der Waals surface area contributed by atoms with Crippen molar-refractivity contribution in [1.29, 1.82) is 0 Å². The van der Waals surface area contributed by atoms with Gasteiger partial charge in [0.2, 0.25) is 5.88 Å². The van der Waals surface area contributed by atoms with Gasteiger partial charge >= 0.3 is 0 Å². The lowest BCUT2D eigenvalue weighted by Crippen LogP contribution is -2.46. The Bertz CT molecular complexity index is 1150. The summed E-state index contributed by atoms with van der Waals surface area (Å²) in [5.74, 6) is 1.69. The number of anilines is 1. The highest BCUT2D eigenvalue weighted by molar-refractivity contribution is 5.92. The van der Waals surface area contributed by atoms with Gasteiger partial charge in [0.25, 0.3) is 0 Å². The molecule has 0 atom stereocenters. The van der Waals surface area contributed by atoms with Gasteiger partial charge in [-0.25, -0.2) is 15.0 Å². The fourth-order valence-corrected chi connectivity index (χ4v) is 3.97. The predicted molar refractivity (Wildman–Crippen MR) is 124 cm³/mol. The molecule has 1 N–H and O–H groups in total. The Morgan fingerprint density at radius 2 is 1.94 bits per heavy atom. The number of nitrogens with one attached hydrogen (secondary N) is 1. The lowest BCUT2D eigenvalue weighted by molar-refractivity contribution is 0.244. The zero-order valence-electron chi connectivity index (χ0n) is 18.2. The number of hydrogen-bond donors (Lipinski definition) is 1. The van der Waals surface area contributed by atoms with Gasteiger partial charge in [0.1, 0.15) is 12.1 Å². The summed E-state index contributed by atoms with van der Waals surface area (Å²) in [6.07, 6.45) is 7.15. The Balaban J connectivity index is 0.00000144. The van der Waals surface area contributed by atoms with Crippen LogP contribution in [0, 0.1) is 0 Å². The Labute approximate surface area is 188 Å². The first kappa shape index (κ1) is 21.0. The maximum atomic E-state index is 5.40. The number of rotatable bonds is 5. The van der Waals surface area contributed by atoms with Crippen LogP contribution in [-0.4, -0.2) is 63.3 Å². The number of fused-ring (bicyclic) bond motifs is 1. The fourth-order valence-electron chi connectivity index (χ4n) is 3.97. The first-order valence-electron chi connectivity index (χ1n) is 10.0. The molecule has 1 saturated heterocycles. The monoisotopic (exact) mass is 438 g/mol. The Kier molecular flexibility index (Phi) is 6.29. The van der Waals surface area contributed by atoms with Crippen LogP contribution in [0.5, 0.6) is 5.88 Å². The van der Waals surface area contributed by atoms with Gasteiger partial charge in [-0.1, -0.05) is 12.1 Å². The summed E-state index contributed by atoms with van der Waals surface area (Å²) in [6.45, 7) is 4.55. The number of aromatic nitrogens is 5. The number of piperazine rings is 1. The summed E-state index contributed by atoms with van der Waals surface area (Å²) in [7, 11) is 1.67. The number of methoxy groups -OCH3 is 1. The molecule has 5 rings (SSSR count). The molecule has 0 radical (unpaired) electrons. The van der Waals surface area contributed by atoms with Gasteiger partial charge < -0.3 is 11.1 Å². The van der Waals surface area contributed by atoms with E-state index in [1.165, 1.54) is 0 Å². The third kappa shape index (κ3) is 4.30. The van der Waals surface area contributed by atoms with Gasteiger partial charge in [-0.3, -0.25) is 10.00 Å². The van der Waals surface area contributed by atoms with Crippen molar-refractivity contribution in [3.8, 4) is 17.0 Å². The molecule has 0 saturated carbocycles. The van der Waals surface area contributed by atoms with E-state index in [0.717, 1.165) is 66.1 Å². The fraction of sp³-hybridized carbons (Fsp3) is 0.273. The number of H-pyrrole nitrogens is 1. The van der Waals surface area contributed by atoms with E-state index < -0.39 is 0 Å². The number of ether oxygens (including phenoxy) is 1. The molecule has 31 heavy (non-hydrogen) atoms. The van der Waals surface area contributed by atoms with Crippen molar-refractivity contribution in [3.05, 3.63) is 60.8 Å². The average molecular weight is 439 g/mol. The van der Waals surface area contributed by atoms with Crippen molar-refractivity contribution in [2.45, 2.75) is 6.54 Å². The Morgan fingerprint density at radius 3 is 2.71 bits per heavy atom. The second-order valence-corrected chi connectivity index (χ2v) is 7.35. The molecular formula is C22H25ClN7O-. The smallest absolute Gasteiger partial charge is 0.217 e. The van der Waals surface area contributed by atoms with Crippen molar-refractivity contribution >= 4 is 29.1 Å². The van der Waals surface area contributed by atoms with Crippen LogP contribution in [-0.2, 0) is 6.54 Å². The van der Waals surface area contributed by atoms with E-state index in [4.69, 9.17) is 4.74 Å². The molecule has 162 valence electrons. The van der Waals surface area contributed by atoms with Crippen molar-refractivity contribution in [3.63, 3.8) is 0 Å². The number of nitrogens with zero attached hydrogens (tertiary/aromatic N) is 6. The molecule has 3 aromatic heterocycles. The third-order valence-electron chi connectivity index (χ3n) is 5.55. The van der Waals surface area contributed by atoms with Crippen LogP contribution in [0.3, 0.4) is 0 Å². The van der Waals surface area contributed by atoms with Crippen LogP contribution < -0.4 is 9.64 Å². The van der Waals surface area contributed by atoms with Crippen LogP contribution in [0.1, 0.15) is 6.99 Å². The molecule has 4 aromatic rings. The normalized spacial score (nSPS) is 14.4. The van der Waals surface area contributed by atoms with E-state index in [9.17, 15) is 0 Å². The molecule has 9 heteroatoms. The Hall–Kier alpha value is -3.23. The molecule has 8 nitrogen and oxygen atoms in total. The largest absolute Gasteiger partial charge is 1.00 e. The summed E-state index contributed by atoms with van der Waals surface area (Å²) in [6, 6.07) is 10.3. The van der Waals surface area contributed by atoms with Crippen LogP contribution in [0.15, 0.2) is 55.2 Å². The SMILES string of the molecule is COc1ncccc1CN1CCN(c2ncnc3ccc(-c4cn[nH]c4)cc23)CC1.Cl.[H-]. The zero-order chi connectivity index (χ0) is 20.3. The quantitative estimate of drug-likeness (QED) is 0.512. The van der Waals surface area contributed by atoms with Crippen LogP contribution >= 0.6 is 12.4 Å². The minimum atomic E-state index is 0. The topological polar surface area (TPSA) is 83.1 Å². The lowest BCUT2D eigenvalue weighted by atomic mass is 10.1.